The fourth-order valence-corrected chi connectivity index (χ4v) is 2.89. The summed E-state index contributed by atoms with van der Waals surface area (Å²) in [4.78, 5) is 4.51. The lowest BCUT2D eigenvalue weighted by Crippen LogP contribution is -2.31. The van der Waals surface area contributed by atoms with Gasteiger partial charge in [-0.05, 0) is 43.9 Å². The van der Waals surface area contributed by atoms with Gasteiger partial charge >= 0.3 is 0 Å². The minimum Gasteiger partial charge on any atom is -0.381 e. The van der Waals surface area contributed by atoms with E-state index in [1.807, 2.05) is 12.3 Å². The molecule has 0 aliphatic carbocycles. The van der Waals surface area contributed by atoms with Crippen LogP contribution in [0.4, 0.5) is 0 Å². The number of hydrogen-bond donors (Lipinski definition) is 1. The van der Waals surface area contributed by atoms with E-state index >= 15 is 0 Å². The number of aromatic nitrogens is 1. The van der Waals surface area contributed by atoms with Crippen molar-refractivity contribution in [2.45, 2.75) is 31.7 Å². The summed E-state index contributed by atoms with van der Waals surface area (Å²) in [6.45, 7) is 2.83. The topological polar surface area (TPSA) is 34.2 Å². The van der Waals surface area contributed by atoms with E-state index in [9.17, 15) is 0 Å². The highest BCUT2D eigenvalue weighted by atomic mass is 16.5. The zero-order chi connectivity index (χ0) is 13.6. The SMILES string of the molecule is c1cnc2c(CCNC3CCCOCC3)cccc2c1. The van der Waals surface area contributed by atoms with Gasteiger partial charge < -0.3 is 10.1 Å². The molecule has 0 saturated carbocycles. The number of benzene rings is 1. The summed E-state index contributed by atoms with van der Waals surface area (Å²) in [5.74, 6) is 0. The first-order chi connectivity index (χ1) is 9.93. The monoisotopic (exact) mass is 270 g/mol. The van der Waals surface area contributed by atoms with E-state index in [4.69, 9.17) is 4.74 Å². The first kappa shape index (κ1) is 13.5. The van der Waals surface area contributed by atoms with Crippen molar-refractivity contribution in [3.63, 3.8) is 0 Å². The van der Waals surface area contributed by atoms with E-state index in [0.29, 0.717) is 6.04 Å². The molecule has 0 amide bonds. The van der Waals surface area contributed by atoms with Crippen molar-refractivity contribution in [3.8, 4) is 0 Å². The summed E-state index contributed by atoms with van der Waals surface area (Å²) in [5, 5.41) is 4.90. The third-order valence-corrected chi connectivity index (χ3v) is 4.00. The predicted octanol–water partition coefficient (Wildman–Crippen LogP) is 2.94. The van der Waals surface area contributed by atoms with Gasteiger partial charge in [0.05, 0.1) is 5.52 Å². The quantitative estimate of drug-likeness (QED) is 0.927. The lowest BCUT2D eigenvalue weighted by molar-refractivity contribution is 0.142. The zero-order valence-electron chi connectivity index (χ0n) is 11.8. The highest BCUT2D eigenvalue weighted by Crippen LogP contribution is 2.16. The maximum absolute atomic E-state index is 5.50. The van der Waals surface area contributed by atoms with Crippen molar-refractivity contribution >= 4 is 10.9 Å². The summed E-state index contributed by atoms with van der Waals surface area (Å²) >= 11 is 0. The molecular weight excluding hydrogens is 248 g/mol. The van der Waals surface area contributed by atoms with Crippen LogP contribution in [-0.4, -0.2) is 30.8 Å². The second-order valence-electron chi connectivity index (χ2n) is 5.44. The fraction of sp³-hybridized carbons (Fsp3) is 0.471. The molecule has 3 rings (SSSR count). The molecule has 2 aromatic rings. The lowest BCUT2D eigenvalue weighted by Gasteiger charge is -2.15. The summed E-state index contributed by atoms with van der Waals surface area (Å²) in [6.07, 6.45) is 6.45. The summed E-state index contributed by atoms with van der Waals surface area (Å²) < 4.78 is 5.50. The summed E-state index contributed by atoms with van der Waals surface area (Å²) in [7, 11) is 0. The van der Waals surface area contributed by atoms with Gasteiger partial charge in [-0.15, -0.1) is 0 Å². The standard InChI is InChI=1S/C17H22N2O/c1-4-14-6-2-10-19-17(14)15(5-1)8-11-18-16-7-3-12-20-13-9-16/h1-2,4-6,10,16,18H,3,7-9,11-13H2. The molecule has 1 aliphatic heterocycles. The molecule has 3 nitrogen and oxygen atoms in total. The molecule has 0 bridgehead atoms. The van der Waals surface area contributed by atoms with Gasteiger partial charge in [-0.3, -0.25) is 4.98 Å². The Bertz CT molecular complexity index is 542. The average molecular weight is 270 g/mol. The molecule has 3 heteroatoms. The third kappa shape index (κ3) is 3.35. The second-order valence-corrected chi connectivity index (χ2v) is 5.44. The van der Waals surface area contributed by atoms with E-state index in [2.05, 4.69) is 34.6 Å². The molecule has 0 radical (unpaired) electrons. The van der Waals surface area contributed by atoms with Crippen molar-refractivity contribution in [3.05, 3.63) is 42.1 Å². The average Bonchev–Trinajstić information content (AvgIpc) is 2.76. The molecule has 1 unspecified atom stereocenters. The molecule has 1 aromatic heterocycles. The number of nitrogens with zero attached hydrogens (tertiary/aromatic N) is 1. The smallest absolute Gasteiger partial charge is 0.0734 e. The van der Waals surface area contributed by atoms with Crippen molar-refractivity contribution in [1.82, 2.24) is 10.3 Å². The maximum Gasteiger partial charge on any atom is 0.0734 e. The van der Waals surface area contributed by atoms with Gasteiger partial charge in [0.2, 0.25) is 0 Å². The van der Waals surface area contributed by atoms with Gasteiger partial charge in [0.1, 0.15) is 0 Å². The Morgan fingerprint density at radius 3 is 3.10 bits per heavy atom. The van der Waals surface area contributed by atoms with E-state index in [-0.39, 0.29) is 0 Å². The van der Waals surface area contributed by atoms with Crippen LogP contribution in [-0.2, 0) is 11.2 Å². The molecule has 2 heterocycles. The van der Waals surface area contributed by atoms with Crippen LogP contribution < -0.4 is 5.32 Å². The lowest BCUT2D eigenvalue weighted by atomic mass is 10.1. The fourth-order valence-electron chi connectivity index (χ4n) is 2.89. The Balaban J connectivity index is 1.59. The second kappa shape index (κ2) is 6.82. The molecule has 1 aliphatic rings. The van der Waals surface area contributed by atoms with Crippen molar-refractivity contribution in [2.24, 2.45) is 0 Å². The van der Waals surface area contributed by atoms with Gasteiger partial charge in [0.25, 0.3) is 0 Å². The molecule has 0 spiro atoms. The van der Waals surface area contributed by atoms with Crippen LogP contribution in [0.5, 0.6) is 0 Å². The Labute approximate surface area is 120 Å². The van der Waals surface area contributed by atoms with Crippen LogP contribution in [0.1, 0.15) is 24.8 Å². The van der Waals surface area contributed by atoms with Crippen LogP contribution in [0.3, 0.4) is 0 Å². The van der Waals surface area contributed by atoms with Crippen LogP contribution in [0.25, 0.3) is 10.9 Å². The molecule has 1 atom stereocenters. The van der Waals surface area contributed by atoms with Gasteiger partial charge in [-0.1, -0.05) is 24.3 Å². The molecule has 1 fully saturated rings. The first-order valence-corrected chi connectivity index (χ1v) is 7.57. The van der Waals surface area contributed by atoms with Crippen LogP contribution in [0.2, 0.25) is 0 Å². The largest absolute Gasteiger partial charge is 0.381 e. The van der Waals surface area contributed by atoms with Crippen molar-refractivity contribution < 1.29 is 4.74 Å². The summed E-state index contributed by atoms with van der Waals surface area (Å²) in [5.41, 5.74) is 2.47. The van der Waals surface area contributed by atoms with E-state index in [1.165, 1.54) is 23.8 Å². The Morgan fingerprint density at radius 1 is 1.15 bits per heavy atom. The number of rotatable bonds is 4. The molecule has 20 heavy (non-hydrogen) atoms. The highest BCUT2D eigenvalue weighted by Gasteiger charge is 2.11. The molecule has 1 saturated heterocycles. The normalized spacial score (nSPS) is 19.9. The van der Waals surface area contributed by atoms with E-state index in [0.717, 1.165) is 38.1 Å². The van der Waals surface area contributed by atoms with Crippen LogP contribution in [0.15, 0.2) is 36.5 Å². The molecule has 106 valence electrons. The third-order valence-electron chi connectivity index (χ3n) is 4.00. The number of para-hydroxylation sites is 1. The molecule has 1 N–H and O–H groups in total. The minimum absolute atomic E-state index is 0.612. The number of fused-ring (bicyclic) bond motifs is 1. The maximum atomic E-state index is 5.50. The Hall–Kier alpha value is -1.45. The summed E-state index contributed by atoms with van der Waals surface area (Å²) in [6, 6.07) is 11.2. The van der Waals surface area contributed by atoms with Gasteiger partial charge in [-0.25, -0.2) is 0 Å². The van der Waals surface area contributed by atoms with Gasteiger partial charge in [0, 0.05) is 30.8 Å². The Kier molecular flexibility index (Phi) is 4.61. The number of hydrogen-bond acceptors (Lipinski definition) is 3. The zero-order valence-corrected chi connectivity index (χ0v) is 11.8. The predicted molar refractivity (Wildman–Crippen MR) is 81.9 cm³/mol. The number of nitrogens with one attached hydrogen (secondary N) is 1. The highest BCUT2D eigenvalue weighted by molar-refractivity contribution is 5.81. The first-order valence-electron chi connectivity index (χ1n) is 7.57. The van der Waals surface area contributed by atoms with Gasteiger partial charge in [-0.2, -0.15) is 0 Å². The van der Waals surface area contributed by atoms with E-state index < -0.39 is 0 Å². The van der Waals surface area contributed by atoms with Gasteiger partial charge in [0.15, 0.2) is 0 Å². The number of ether oxygens (including phenoxy) is 1. The van der Waals surface area contributed by atoms with Crippen molar-refractivity contribution in [1.29, 1.82) is 0 Å². The Morgan fingerprint density at radius 2 is 2.10 bits per heavy atom. The van der Waals surface area contributed by atoms with E-state index in [1.54, 1.807) is 0 Å². The minimum atomic E-state index is 0.612. The van der Waals surface area contributed by atoms with Crippen molar-refractivity contribution in [2.75, 3.05) is 19.8 Å². The molecular formula is C17H22N2O. The number of pyridine rings is 1. The molecule has 1 aromatic carbocycles. The van der Waals surface area contributed by atoms with Crippen LogP contribution >= 0.6 is 0 Å². The van der Waals surface area contributed by atoms with Crippen LogP contribution in [0, 0.1) is 0 Å².